The second-order valence-electron chi connectivity index (χ2n) is 3.14. The van der Waals surface area contributed by atoms with Crippen molar-refractivity contribution in [2.45, 2.75) is 30.6 Å². The molecule has 1 saturated heterocycles. The molecule has 1 heterocycles. The molecule has 1 unspecified atom stereocenters. The summed E-state index contributed by atoms with van der Waals surface area (Å²) in [6, 6.07) is 0.588. The lowest BCUT2D eigenvalue weighted by Gasteiger charge is -2.13. The SMILES string of the molecule is O=C1CC(S)CN1C1CC1. The first kappa shape index (κ1) is 6.53. The van der Waals surface area contributed by atoms with Crippen molar-refractivity contribution in [2.75, 3.05) is 6.54 Å². The van der Waals surface area contributed by atoms with Crippen molar-refractivity contribution >= 4 is 18.5 Å². The van der Waals surface area contributed by atoms with Crippen LogP contribution in [0.1, 0.15) is 19.3 Å². The number of amides is 1. The standard InChI is InChI=1S/C7H11NOS/c9-7-3-6(10)4-8(7)5-1-2-5/h5-6,10H,1-4H2. The predicted octanol–water partition coefficient (Wildman–Crippen LogP) is 0.679. The molecule has 0 N–H and O–H groups in total. The summed E-state index contributed by atoms with van der Waals surface area (Å²) in [5, 5.41) is 0.299. The number of thiol groups is 1. The van der Waals surface area contributed by atoms with Crippen molar-refractivity contribution in [1.29, 1.82) is 0 Å². The van der Waals surface area contributed by atoms with Gasteiger partial charge in [0.2, 0.25) is 5.91 Å². The molecule has 0 spiro atoms. The molecule has 3 heteroatoms. The van der Waals surface area contributed by atoms with Gasteiger partial charge in [-0.2, -0.15) is 12.6 Å². The van der Waals surface area contributed by atoms with Crippen LogP contribution in [0.15, 0.2) is 0 Å². The highest BCUT2D eigenvalue weighted by Gasteiger charge is 2.37. The first-order chi connectivity index (χ1) is 4.77. The topological polar surface area (TPSA) is 20.3 Å². The maximum atomic E-state index is 11.1. The minimum absolute atomic E-state index is 0.299. The van der Waals surface area contributed by atoms with Gasteiger partial charge in [0.25, 0.3) is 0 Å². The normalized spacial score (nSPS) is 33.5. The summed E-state index contributed by atoms with van der Waals surface area (Å²) >= 11 is 4.27. The number of nitrogens with zero attached hydrogens (tertiary/aromatic N) is 1. The van der Waals surface area contributed by atoms with E-state index in [1.807, 2.05) is 4.90 Å². The van der Waals surface area contributed by atoms with Gasteiger partial charge in [-0.15, -0.1) is 0 Å². The lowest BCUT2D eigenvalue weighted by atomic mass is 10.4. The molecule has 1 amide bonds. The molecule has 0 aromatic heterocycles. The van der Waals surface area contributed by atoms with E-state index in [0.29, 0.717) is 23.6 Å². The zero-order valence-electron chi connectivity index (χ0n) is 5.79. The fourth-order valence-electron chi connectivity index (χ4n) is 1.45. The van der Waals surface area contributed by atoms with Crippen LogP contribution in [0.5, 0.6) is 0 Å². The Hall–Kier alpha value is -0.180. The van der Waals surface area contributed by atoms with Crippen LogP contribution in [0.2, 0.25) is 0 Å². The number of rotatable bonds is 1. The fourth-order valence-corrected chi connectivity index (χ4v) is 1.78. The Bertz CT molecular complexity index is 167. The molecule has 2 fully saturated rings. The Morgan fingerprint density at radius 1 is 1.50 bits per heavy atom. The van der Waals surface area contributed by atoms with Crippen molar-refractivity contribution in [2.24, 2.45) is 0 Å². The highest BCUT2D eigenvalue weighted by molar-refractivity contribution is 7.81. The summed E-state index contributed by atoms with van der Waals surface area (Å²) < 4.78 is 0. The highest BCUT2D eigenvalue weighted by atomic mass is 32.1. The number of hydrogen-bond donors (Lipinski definition) is 1. The Morgan fingerprint density at radius 2 is 2.20 bits per heavy atom. The van der Waals surface area contributed by atoms with Gasteiger partial charge in [-0.1, -0.05) is 0 Å². The molecule has 2 rings (SSSR count). The Kier molecular flexibility index (Phi) is 1.41. The summed E-state index contributed by atoms with van der Waals surface area (Å²) in [6.07, 6.45) is 3.08. The Labute approximate surface area is 66.0 Å². The third-order valence-electron chi connectivity index (χ3n) is 2.13. The van der Waals surface area contributed by atoms with Crippen LogP contribution >= 0.6 is 12.6 Å². The van der Waals surface area contributed by atoms with Gasteiger partial charge in [0.05, 0.1) is 0 Å². The van der Waals surface area contributed by atoms with Crippen molar-refractivity contribution in [3.05, 3.63) is 0 Å². The average molecular weight is 157 g/mol. The third-order valence-corrected chi connectivity index (χ3v) is 2.47. The second kappa shape index (κ2) is 2.16. The largest absolute Gasteiger partial charge is 0.339 e. The molecule has 1 atom stereocenters. The van der Waals surface area contributed by atoms with E-state index in [2.05, 4.69) is 12.6 Å². The average Bonchev–Trinajstić information content (AvgIpc) is 2.61. The van der Waals surface area contributed by atoms with Crippen LogP contribution in [-0.4, -0.2) is 28.6 Å². The Morgan fingerprint density at radius 3 is 2.60 bits per heavy atom. The number of carbonyl (C=O) groups excluding carboxylic acids is 1. The maximum absolute atomic E-state index is 11.1. The quantitative estimate of drug-likeness (QED) is 0.555. The first-order valence-corrected chi connectivity index (χ1v) is 4.26. The minimum atomic E-state index is 0.299. The van der Waals surface area contributed by atoms with Gasteiger partial charge in [0, 0.05) is 24.3 Å². The smallest absolute Gasteiger partial charge is 0.224 e. The summed E-state index contributed by atoms with van der Waals surface area (Å²) in [7, 11) is 0. The molecule has 1 saturated carbocycles. The summed E-state index contributed by atoms with van der Waals surface area (Å²) in [5.41, 5.74) is 0. The molecule has 0 radical (unpaired) electrons. The van der Waals surface area contributed by atoms with E-state index in [0.717, 1.165) is 6.54 Å². The van der Waals surface area contributed by atoms with E-state index in [-0.39, 0.29) is 0 Å². The Balaban J connectivity index is 2.01. The van der Waals surface area contributed by atoms with E-state index in [4.69, 9.17) is 0 Å². The molecule has 10 heavy (non-hydrogen) atoms. The molecule has 2 nitrogen and oxygen atoms in total. The monoisotopic (exact) mass is 157 g/mol. The molecule has 1 aliphatic carbocycles. The van der Waals surface area contributed by atoms with Crippen LogP contribution < -0.4 is 0 Å². The van der Waals surface area contributed by atoms with E-state index in [1.165, 1.54) is 12.8 Å². The van der Waals surface area contributed by atoms with Gasteiger partial charge in [0.15, 0.2) is 0 Å². The summed E-state index contributed by atoms with van der Waals surface area (Å²) in [6.45, 7) is 0.882. The lowest BCUT2D eigenvalue weighted by molar-refractivity contribution is -0.128. The van der Waals surface area contributed by atoms with E-state index < -0.39 is 0 Å². The molecule has 0 aromatic rings. The fraction of sp³-hybridized carbons (Fsp3) is 0.857. The van der Waals surface area contributed by atoms with Crippen LogP contribution in [0.3, 0.4) is 0 Å². The van der Waals surface area contributed by atoms with Crippen LogP contribution in [0, 0.1) is 0 Å². The van der Waals surface area contributed by atoms with E-state index in [1.54, 1.807) is 0 Å². The minimum Gasteiger partial charge on any atom is -0.339 e. The second-order valence-corrected chi connectivity index (χ2v) is 3.87. The number of hydrogen-bond acceptors (Lipinski definition) is 2. The van der Waals surface area contributed by atoms with Gasteiger partial charge >= 0.3 is 0 Å². The molecular formula is C7H11NOS. The zero-order chi connectivity index (χ0) is 7.14. The van der Waals surface area contributed by atoms with Crippen molar-refractivity contribution in [3.8, 4) is 0 Å². The number of likely N-dealkylation sites (tertiary alicyclic amines) is 1. The van der Waals surface area contributed by atoms with Gasteiger partial charge in [0.1, 0.15) is 0 Å². The number of carbonyl (C=O) groups is 1. The van der Waals surface area contributed by atoms with Crippen LogP contribution in [0.25, 0.3) is 0 Å². The highest BCUT2D eigenvalue weighted by Crippen LogP contribution is 2.31. The third kappa shape index (κ3) is 1.03. The molecule has 0 aromatic carbocycles. The van der Waals surface area contributed by atoms with Gasteiger partial charge in [-0.3, -0.25) is 4.79 Å². The van der Waals surface area contributed by atoms with E-state index >= 15 is 0 Å². The molecular weight excluding hydrogens is 146 g/mol. The van der Waals surface area contributed by atoms with Gasteiger partial charge in [-0.05, 0) is 12.8 Å². The molecule has 1 aliphatic heterocycles. The van der Waals surface area contributed by atoms with Crippen molar-refractivity contribution in [1.82, 2.24) is 4.90 Å². The van der Waals surface area contributed by atoms with E-state index in [9.17, 15) is 4.79 Å². The van der Waals surface area contributed by atoms with Gasteiger partial charge < -0.3 is 4.90 Å². The molecule has 56 valence electrons. The maximum Gasteiger partial charge on any atom is 0.224 e. The zero-order valence-corrected chi connectivity index (χ0v) is 6.68. The summed E-state index contributed by atoms with van der Waals surface area (Å²) in [4.78, 5) is 13.1. The molecule has 2 aliphatic rings. The van der Waals surface area contributed by atoms with Crippen molar-refractivity contribution in [3.63, 3.8) is 0 Å². The molecule has 0 bridgehead atoms. The predicted molar refractivity (Wildman–Crippen MR) is 42.1 cm³/mol. The first-order valence-electron chi connectivity index (χ1n) is 3.75. The van der Waals surface area contributed by atoms with Crippen LogP contribution in [0.4, 0.5) is 0 Å². The lowest BCUT2D eigenvalue weighted by Crippen LogP contribution is -2.27. The summed E-state index contributed by atoms with van der Waals surface area (Å²) in [5.74, 6) is 0.308. The van der Waals surface area contributed by atoms with Crippen LogP contribution in [-0.2, 0) is 4.79 Å². The van der Waals surface area contributed by atoms with Crippen molar-refractivity contribution < 1.29 is 4.79 Å². The van der Waals surface area contributed by atoms with Gasteiger partial charge in [-0.25, -0.2) is 0 Å².